The summed E-state index contributed by atoms with van der Waals surface area (Å²) in [7, 11) is 1.50. The van der Waals surface area contributed by atoms with Gasteiger partial charge < -0.3 is 20.7 Å². The first kappa shape index (κ1) is 21.9. The molecule has 0 unspecified atom stereocenters. The predicted molar refractivity (Wildman–Crippen MR) is 115 cm³/mol. The minimum atomic E-state index is -1.87. The average molecular weight is 467 g/mol. The molecule has 0 saturated carbocycles. The van der Waals surface area contributed by atoms with Gasteiger partial charge in [-0.05, 0) is 42.5 Å². The number of amides is 1. The smallest absolute Gasteiger partial charge is 0.253 e. The fraction of sp³-hybridized carbons (Fsp3) is 0.176. The number of hydrogen-bond donors (Lipinski definition) is 3. The standard InChI is InChI=1S/C17H15Cl4N3O2S/c1-26-11-6-4-5-10(9-11)14(25)23-15(17(19,20)21)24-16(27)22-13-8-3-2-7-12(13)18/h2-9,15H,1H3,(H,23,25)(H2,22,24,27)/t15-/m0/s1. The Morgan fingerprint density at radius 3 is 2.44 bits per heavy atom. The van der Waals surface area contributed by atoms with Crippen molar-refractivity contribution in [1.82, 2.24) is 10.6 Å². The second-order valence-corrected chi connectivity index (χ2v) is 8.44. The molecule has 2 aromatic rings. The van der Waals surface area contributed by atoms with E-state index < -0.39 is 15.9 Å². The van der Waals surface area contributed by atoms with Gasteiger partial charge in [-0.25, -0.2) is 0 Å². The molecule has 144 valence electrons. The van der Waals surface area contributed by atoms with Gasteiger partial charge in [0, 0.05) is 5.56 Å². The van der Waals surface area contributed by atoms with E-state index >= 15 is 0 Å². The van der Waals surface area contributed by atoms with Crippen molar-refractivity contribution in [2.75, 3.05) is 12.4 Å². The number of hydrogen-bond acceptors (Lipinski definition) is 3. The maximum atomic E-state index is 12.5. The molecule has 0 aliphatic rings. The van der Waals surface area contributed by atoms with Crippen LogP contribution < -0.4 is 20.7 Å². The lowest BCUT2D eigenvalue weighted by molar-refractivity contribution is 0.0934. The SMILES string of the molecule is COc1cccc(C(=O)N[C@@H](NC(=S)Nc2ccccc2Cl)C(Cl)(Cl)Cl)c1. The van der Waals surface area contributed by atoms with Crippen molar-refractivity contribution >= 4 is 75.3 Å². The van der Waals surface area contributed by atoms with E-state index in [1.54, 1.807) is 48.5 Å². The van der Waals surface area contributed by atoms with E-state index in [9.17, 15) is 4.79 Å². The highest BCUT2D eigenvalue weighted by Gasteiger charge is 2.35. The predicted octanol–water partition coefficient (Wildman–Crippen LogP) is 4.76. The lowest BCUT2D eigenvalue weighted by Gasteiger charge is -2.28. The minimum Gasteiger partial charge on any atom is -0.497 e. The van der Waals surface area contributed by atoms with Gasteiger partial charge >= 0.3 is 0 Å². The Bertz CT molecular complexity index is 830. The van der Waals surface area contributed by atoms with E-state index in [0.29, 0.717) is 22.0 Å². The monoisotopic (exact) mass is 465 g/mol. The van der Waals surface area contributed by atoms with Gasteiger partial charge in [-0.15, -0.1) is 0 Å². The number of ether oxygens (including phenoxy) is 1. The molecule has 1 amide bonds. The number of methoxy groups -OCH3 is 1. The normalized spacial score (nSPS) is 12.0. The van der Waals surface area contributed by atoms with Gasteiger partial charge in [-0.2, -0.15) is 0 Å². The molecule has 2 aromatic carbocycles. The maximum Gasteiger partial charge on any atom is 0.253 e. The van der Waals surface area contributed by atoms with Crippen LogP contribution in [-0.2, 0) is 0 Å². The summed E-state index contributed by atoms with van der Waals surface area (Å²) >= 11 is 29.2. The van der Waals surface area contributed by atoms with Crippen LogP contribution in [0.2, 0.25) is 5.02 Å². The molecule has 0 aliphatic heterocycles. The highest BCUT2D eigenvalue weighted by Crippen LogP contribution is 2.29. The fourth-order valence-corrected chi connectivity index (χ4v) is 2.77. The van der Waals surface area contributed by atoms with Crippen LogP contribution in [0.15, 0.2) is 48.5 Å². The molecule has 0 aliphatic carbocycles. The Morgan fingerprint density at radius 1 is 1.11 bits per heavy atom. The molecule has 2 rings (SSSR count). The number of carbonyl (C=O) groups excluding carboxylic acids is 1. The second kappa shape index (κ2) is 9.66. The average Bonchev–Trinajstić information content (AvgIpc) is 2.62. The number of para-hydroxylation sites is 1. The Labute approximate surface area is 182 Å². The highest BCUT2D eigenvalue weighted by atomic mass is 35.6. The van der Waals surface area contributed by atoms with Crippen molar-refractivity contribution in [2.24, 2.45) is 0 Å². The Morgan fingerprint density at radius 2 is 1.81 bits per heavy atom. The Balaban J connectivity index is 2.10. The summed E-state index contributed by atoms with van der Waals surface area (Å²) in [5.74, 6) is 0.0511. The van der Waals surface area contributed by atoms with Crippen LogP contribution >= 0.6 is 58.6 Å². The van der Waals surface area contributed by atoms with Crippen molar-refractivity contribution in [3.63, 3.8) is 0 Å². The maximum absolute atomic E-state index is 12.5. The van der Waals surface area contributed by atoms with Crippen molar-refractivity contribution in [2.45, 2.75) is 9.96 Å². The Kier molecular flexibility index (Phi) is 7.82. The molecule has 10 heteroatoms. The number of anilines is 1. The third-order valence-electron chi connectivity index (χ3n) is 3.33. The minimum absolute atomic E-state index is 0.116. The topological polar surface area (TPSA) is 62.4 Å². The first-order chi connectivity index (χ1) is 12.7. The summed E-state index contributed by atoms with van der Waals surface area (Å²) in [5.41, 5.74) is 0.902. The molecule has 0 saturated heterocycles. The van der Waals surface area contributed by atoms with E-state index in [4.69, 9.17) is 63.4 Å². The molecular formula is C17H15Cl4N3O2S. The number of alkyl halides is 3. The molecule has 0 radical (unpaired) electrons. The molecule has 5 nitrogen and oxygen atoms in total. The zero-order chi connectivity index (χ0) is 20.0. The van der Waals surface area contributed by atoms with Crippen LogP contribution in [0.4, 0.5) is 5.69 Å². The summed E-state index contributed by atoms with van der Waals surface area (Å²) in [5, 5.41) is 8.83. The number of carbonyl (C=O) groups is 1. The third-order valence-corrected chi connectivity index (χ3v) is 4.54. The zero-order valence-electron chi connectivity index (χ0n) is 13.9. The Hall–Kier alpha value is -1.44. The quantitative estimate of drug-likeness (QED) is 0.337. The van der Waals surface area contributed by atoms with Crippen molar-refractivity contribution < 1.29 is 9.53 Å². The number of halogens is 4. The van der Waals surface area contributed by atoms with Gasteiger partial charge in [0.2, 0.25) is 3.79 Å². The van der Waals surface area contributed by atoms with Gasteiger partial charge in [-0.3, -0.25) is 4.79 Å². The van der Waals surface area contributed by atoms with Gasteiger partial charge in [-0.1, -0.05) is 64.6 Å². The summed E-state index contributed by atoms with van der Waals surface area (Å²) in [6.07, 6.45) is -1.11. The van der Waals surface area contributed by atoms with E-state index in [0.717, 1.165) is 0 Å². The van der Waals surface area contributed by atoms with E-state index in [2.05, 4.69) is 16.0 Å². The fourth-order valence-electron chi connectivity index (χ4n) is 2.03. The number of benzene rings is 2. The molecular weight excluding hydrogens is 452 g/mol. The molecule has 0 bridgehead atoms. The molecule has 27 heavy (non-hydrogen) atoms. The van der Waals surface area contributed by atoms with Crippen LogP contribution in [0.1, 0.15) is 10.4 Å². The van der Waals surface area contributed by atoms with Gasteiger partial charge in [0.25, 0.3) is 5.91 Å². The summed E-state index contributed by atoms with van der Waals surface area (Å²) in [6, 6.07) is 13.5. The number of nitrogens with one attached hydrogen (secondary N) is 3. The van der Waals surface area contributed by atoms with Crippen LogP contribution in [0.5, 0.6) is 5.75 Å². The van der Waals surface area contributed by atoms with Crippen LogP contribution in [0.25, 0.3) is 0 Å². The number of rotatable bonds is 5. The second-order valence-electron chi connectivity index (χ2n) is 5.26. The van der Waals surface area contributed by atoms with Gasteiger partial charge in [0.1, 0.15) is 11.9 Å². The summed E-state index contributed by atoms with van der Waals surface area (Å²) in [4.78, 5) is 12.5. The zero-order valence-corrected chi connectivity index (χ0v) is 17.8. The molecule has 0 aromatic heterocycles. The van der Waals surface area contributed by atoms with Crippen molar-refractivity contribution in [3.8, 4) is 5.75 Å². The van der Waals surface area contributed by atoms with Crippen molar-refractivity contribution in [1.29, 1.82) is 0 Å². The summed E-state index contributed by atoms with van der Waals surface area (Å²) < 4.78 is 3.23. The summed E-state index contributed by atoms with van der Waals surface area (Å²) in [6.45, 7) is 0. The van der Waals surface area contributed by atoms with E-state index in [1.165, 1.54) is 7.11 Å². The van der Waals surface area contributed by atoms with E-state index in [1.807, 2.05) is 0 Å². The van der Waals surface area contributed by atoms with Crippen molar-refractivity contribution in [3.05, 3.63) is 59.1 Å². The van der Waals surface area contributed by atoms with E-state index in [-0.39, 0.29) is 5.11 Å². The first-order valence-corrected chi connectivity index (χ1v) is 9.46. The first-order valence-electron chi connectivity index (χ1n) is 7.54. The number of thiocarbonyl (C=S) groups is 1. The molecule has 1 atom stereocenters. The van der Waals surface area contributed by atoms with Crippen LogP contribution in [0.3, 0.4) is 0 Å². The van der Waals surface area contributed by atoms with Crippen LogP contribution in [-0.4, -0.2) is 28.1 Å². The molecule has 3 N–H and O–H groups in total. The third kappa shape index (κ3) is 6.59. The lowest BCUT2D eigenvalue weighted by Crippen LogP contribution is -2.56. The lowest BCUT2D eigenvalue weighted by atomic mass is 10.2. The largest absolute Gasteiger partial charge is 0.497 e. The van der Waals surface area contributed by atoms with Gasteiger partial charge in [0.15, 0.2) is 5.11 Å². The molecule has 0 spiro atoms. The highest BCUT2D eigenvalue weighted by molar-refractivity contribution is 7.80. The molecule has 0 heterocycles. The van der Waals surface area contributed by atoms with Gasteiger partial charge in [0.05, 0.1) is 17.8 Å². The van der Waals surface area contributed by atoms with Crippen LogP contribution in [0, 0.1) is 0 Å². The molecule has 0 fully saturated rings.